The van der Waals surface area contributed by atoms with Gasteiger partial charge in [-0.2, -0.15) is 10.1 Å². The zero-order valence-corrected chi connectivity index (χ0v) is 15.7. The van der Waals surface area contributed by atoms with Crippen molar-refractivity contribution in [3.8, 4) is 11.4 Å². The molecule has 3 fully saturated rings. The SMILES string of the molecule is c1cncc(-c2noc([C@@]34CCC[C@@H]3CN(Cc3nc(C5CC5)n[nH]3)C4)n2)c1. The summed E-state index contributed by atoms with van der Waals surface area (Å²) < 4.78 is 5.80. The van der Waals surface area contributed by atoms with Crippen molar-refractivity contribution in [3.63, 3.8) is 0 Å². The number of likely N-dealkylation sites (tertiary alicyclic amines) is 1. The Hall–Kier alpha value is -2.61. The summed E-state index contributed by atoms with van der Waals surface area (Å²) in [4.78, 5) is 16.1. The zero-order valence-electron chi connectivity index (χ0n) is 15.7. The van der Waals surface area contributed by atoms with Crippen molar-refractivity contribution >= 4 is 0 Å². The normalized spacial score (nSPS) is 27.4. The number of aromatic amines is 1. The van der Waals surface area contributed by atoms with Gasteiger partial charge in [-0.15, -0.1) is 0 Å². The molecule has 4 heterocycles. The van der Waals surface area contributed by atoms with Crippen molar-refractivity contribution in [3.05, 3.63) is 42.1 Å². The lowest BCUT2D eigenvalue weighted by atomic mass is 9.80. The molecule has 3 aliphatic rings. The van der Waals surface area contributed by atoms with Crippen LogP contribution in [-0.4, -0.2) is 48.3 Å². The van der Waals surface area contributed by atoms with Crippen molar-refractivity contribution in [1.29, 1.82) is 0 Å². The third-order valence-electron chi connectivity index (χ3n) is 6.58. The lowest BCUT2D eigenvalue weighted by Crippen LogP contribution is -2.32. The van der Waals surface area contributed by atoms with Crippen molar-refractivity contribution in [2.24, 2.45) is 5.92 Å². The summed E-state index contributed by atoms with van der Waals surface area (Å²) in [6.07, 6.45) is 9.52. The molecule has 3 aromatic rings. The van der Waals surface area contributed by atoms with Gasteiger partial charge < -0.3 is 4.52 Å². The van der Waals surface area contributed by atoms with E-state index in [4.69, 9.17) is 14.5 Å². The summed E-state index contributed by atoms with van der Waals surface area (Å²) in [6, 6.07) is 3.86. The van der Waals surface area contributed by atoms with Gasteiger partial charge in [0.05, 0.1) is 12.0 Å². The lowest BCUT2D eigenvalue weighted by molar-refractivity contribution is 0.243. The van der Waals surface area contributed by atoms with E-state index in [1.807, 2.05) is 12.1 Å². The molecular formula is C20H23N7O. The molecule has 3 aromatic heterocycles. The second-order valence-corrected chi connectivity index (χ2v) is 8.49. The monoisotopic (exact) mass is 377 g/mol. The first kappa shape index (κ1) is 16.4. The standard InChI is InChI=1S/C20H23N7O/c1-4-15-10-27(11-16-22-17(25-24-16)13-5-6-13)12-20(15,7-1)19-23-18(26-28-19)14-3-2-8-21-9-14/h2-3,8-9,13,15H,1,4-7,10-12H2,(H,22,24,25)/t15-,20-/m1/s1. The molecule has 2 saturated carbocycles. The molecule has 28 heavy (non-hydrogen) atoms. The Morgan fingerprint density at radius 3 is 3.07 bits per heavy atom. The number of hydrogen-bond acceptors (Lipinski definition) is 7. The fraction of sp³-hybridized carbons (Fsp3) is 0.550. The molecule has 144 valence electrons. The maximum Gasteiger partial charge on any atom is 0.234 e. The highest BCUT2D eigenvalue weighted by Crippen LogP contribution is 2.50. The van der Waals surface area contributed by atoms with E-state index >= 15 is 0 Å². The Morgan fingerprint density at radius 1 is 1.25 bits per heavy atom. The molecule has 0 radical (unpaired) electrons. The minimum atomic E-state index is -0.0349. The van der Waals surface area contributed by atoms with Crippen LogP contribution in [0.1, 0.15) is 55.6 Å². The van der Waals surface area contributed by atoms with E-state index in [0.717, 1.165) is 49.2 Å². The fourth-order valence-corrected chi connectivity index (χ4v) is 5.02. The van der Waals surface area contributed by atoms with Gasteiger partial charge in [0.25, 0.3) is 0 Å². The maximum absolute atomic E-state index is 5.80. The molecule has 2 atom stereocenters. The summed E-state index contributed by atoms with van der Waals surface area (Å²) in [5, 5.41) is 11.8. The summed E-state index contributed by atoms with van der Waals surface area (Å²) in [5.74, 6) is 4.51. The number of nitrogens with zero attached hydrogens (tertiary/aromatic N) is 6. The number of fused-ring (bicyclic) bond motifs is 1. The van der Waals surface area contributed by atoms with Crippen LogP contribution in [-0.2, 0) is 12.0 Å². The van der Waals surface area contributed by atoms with Crippen LogP contribution in [0.2, 0.25) is 0 Å². The van der Waals surface area contributed by atoms with Crippen LogP contribution in [0.25, 0.3) is 11.4 Å². The van der Waals surface area contributed by atoms with Crippen molar-refractivity contribution < 1.29 is 4.52 Å². The van der Waals surface area contributed by atoms with Crippen molar-refractivity contribution in [1.82, 2.24) is 35.2 Å². The first-order valence-electron chi connectivity index (χ1n) is 10.2. The highest BCUT2D eigenvalue weighted by Gasteiger charge is 2.54. The summed E-state index contributed by atoms with van der Waals surface area (Å²) >= 11 is 0. The molecule has 8 heteroatoms. The van der Waals surface area contributed by atoms with Gasteiger partial charge in [-0.05, 0) is 43.7 Å². The summed E-state index contributed by atoms with van der Waals surface area (Å²) in [6.45, 7) is 2.79. The van der Waals surface area contributed by atoms with Crippen LogP contribution in [0.4, 0.5) is 0 Å². The van der Waals surface area contributed by atoms with Crippen LogP contribution in [0.5, 0.6) is 0 Å². The Kier molecular flexibility index (Phi) is 3.62. The highest BCUT2D eigenvalue weighted by atomic mass is 16.5. The molecule has 0 amide bonds. The number of pyridine rings is 1. The van der Waals surface area contributed by atoms with E-state index in [-0.39, 0.29) is 5.41 Å². The Bertz CT molecular complexity index is 979. The molecule has 0 bridgehead atoms. The minimum absolute atomic E-state index is 0.0349. The molecule has 6 rings (SSSR count). The lowest BCUT2D eigenvalue weighted by Gasteiger charge is -2.24. The van der Waals surface area contributed by atoms with Gasteiger partial charge in [-0.1, -0.05) is 11.6 Å². The van der Waals surface area contributed by atoms with E-state index in [0.29, 0.717) is 17.7 Å². The number of aromatic nitrogens is 6. The summed E-state index contributed by atoms with van der Waals surface area (Å²) in [7, 11) is 0. The van der Waals surface area contributed by atoms with Gasteiger partial charge in [-0.25, -0.2) is 4.98 Å². The van der Waals surface area contributed by atoms with Crippen LogP contribution >= 0.6 is 0 Å². The van der Waals surface area contributed by atoms with E-state index < -0.39 is 0 Å². The average molecular weight is 377 g/mol. The fourth-order valence-electron chi connectivity index (χ4n) is 5.02. The van der Waals surface area contributed by atoms with Gasteiger partial charge in [-0.3, -0.25) is 15.0 Å². The molecule has 2 aliphatic carbocycles. The van der Waals surface area contributed by atoms with E-state index in [2.05, 4.69) is 25.2 Å². The highest BCUT2D eigenvalue weighted by molar-refractivity contribution is 5.52. The molecule has 8 nitrogen and oxygen atoms in total. The van der Waals surface area contributed by atoms with Crippen LogP contribution in [0, 0.1) is 5.92 Å². The van der Waals surface area contributed by atoms with Crippen molar-refractivity contribution in [2.75, 3.05) is 13.1 Å². The predicted molar refractivity (Wildman–Crippen MR) is 100 cm³/mol. The van der Waals surface area contributed by atoms with Crippen LogP contribution < -0.4 is 0 Å². The molecule has 1 N–H and O–H groups in total. The van der Waals surface area contributed by atoms with Gasteiger partial charge in [0.1, 0.15) is 5.82 Å². The smallest absolute Gasteiger partial charge is 0.234 e. The quantitative estimate of drug-likeness (QED) is 0.730. The molecule has 0 unspecified atom stereocenters. The van der Waals surface area contributed by atoms with Gasteiger partial charge in [0, 0.05) is 37.0 Å². The zero-order chi connectivity index (χ0) is 18.6. The average Bonchev–Trinajstić information content (AvgIpc) is 3.08. The number of H-pyrrole nitrogens is 1. The van der Waals surface area contributed by atoms with Gasteiger partial charge in [0.2, 0.25) is 11.7 Å². The third-order valence-corrected chi connectivity index (χ3v) is 6.58. The topological polar surface area (TPSA) is 96.6 Å². The van der Waals surface area contributed by atoms with Crippen LogP contribution in [0.3, 0.4) is 0 Å². The Labute approximate surface area is 162 Å². The predicted octanol–water partition coefficient (Wildman–Crippen LogP) is 2.68. The first-order valence-corrected chi connectivity index (χ1v) is 10.2. The first-order chi connectivity index (χ1) is 13.8. The maximum atomic E-state index is 5.80. The number of hydrogen-bond donors (Lipinski definition) is 1. The molecular weight excluding hydrogens is 354 g/mol. The second-order valence-electron chi connectivity index (χ2n) is 8.49. The molecule has 1 aliphatic heterocycles. The van der Waals surface area contributed by atoms with E-state index in [9.17, 15) is 0 Å². The van der Waals surface area contributed by atoms with E-state index in [1.165, 1.54) is 25.7 Å². The minimum Gasteiger partial charge on any atom is -0.338 e. The third kappa shape index (κ3) is 2.66. The largest absolute Gasteiger partial charge is 0.338 e. The molecule has 1 saturated heterocycles. The van der Waals surface area contributed by atoms with Gasteiger partial charge in [0.15, 0.2) is 5.82 Å². The van der Waals surface area contributed by atoms with Crippen LogP contribution in [0.15, 0.2) is 29.0 Å². The Morgan fingerprint density at radius 2 is 2.21 bits per heavy atom. The van der Waals surface area contributed by atoms with Gasteiger partial charge >= 0.3 is 0 Å². The molecule has 0 aromatic carbocycles. The van der Waals surface area contributed by atoms with E-state index in [1.54, 1.807) is 12.4 Å². The van der Waals surface area contributed by atoms with Crippen molar-refractivity contribution in [2.45, 2.75) is 50.0 Å². The number of nitrogens with one attached hydrogen (secondary N) is 1. The summed E-state index contributed by atoms with van der Waals surface area (Å²) in [5.41, 5.74) is 0.861. The Balaban J connectivity index is 1.24. The number of rotatable bonds is 5. The molecule has 0 spiro atoms. The second kappa shape index (κ2) is 6.20.